The lowest BCUT2D eigenvalue weighted by molar-refractivity contribution is 1.42. The quantitative estimate of drug-likeness (QED) is 0.568. The van der Waals surface area contributed by atoms with Crippen LogP contribution in [0, 0.1) is 0 Å². The number of hydrogen-bond acceptors (Lipinski definition) is 3. The highest BCUT2D eigenvalue weighted by atomic mass is 35.5. The molecular weight excluding hydrogens is 240 g/mol. The third-order valence-electron chi connectivity index (χ3n) is 1.82. The van der Waals surface area contributed by atoms with Crippen molar-refractivity contribution in [1.82, 2.24) is 0 Å². The molecule has 0 aliphatic heterocycles. The molecule has 0 N–H and O–H groups in total. The van der Waals surface area contributed by atoms with Gasteiger partial charge in [0.25, 0.3) is 0 Å². The van der Waals surface area contributed by atoms with Gasteiger partial charge < -0.3 is 0 Å². The maximum atomic E-state index is 6.04. The van der Waals surface area contributed by atoms with Crippen LogP contribution in [0.2, 0.25) is 5.02 Å². The van der Waals surface area contributed by atoms with Crippen molar-refractivity contribution in [2.45, 2.75) is 9.79 Å². The van der Waals surface area contributed by atoms with Gasteiger partial charge in [0.1, 0.15) is 0 Å². The molecule has 0 bridgehead atoms. The molecule has 4 heteroatoms. The van der Waals surface area contributed by atoms with Crippen molar-refractivity contribution in [2.24, 2.45) is 0 Å². The molecule has 0 aliphatic carbocycles. The summed E-state index contributed by atoms with van der Waals surface area (Å²) in [5.41, 5.74) is 0. The number of benzene rings is 1. The average Bonchev–Trinajstić information content (AvgIpc) is 2.48. The van der Waals surface area contributed by atoms with Gasteiger partial charge in [-0.15, -0.1) is 35.7 Å². The van der Waals surface area contributed by atoms with Gasteiger partial charge in [-0.05, 0) is 18.4 Å². The van der Waals surface area contributed by atoms with Crippen LogP contribution < -0.4 is 0 Å². The molecule has 68 valence electrons. The number of rotatable bonds is 1. The third-order valence-corrected chi connectivity index (χ3v) is 4.50. The zero-order valence-electron chi connectivity index (χ0n) is 6.87. The Morgan fingerprint density at radius 2 is 2.23 bits per heavy atom. The normalized spacial score (nSPS) is 11.0. The molecular formula is C9H7ClS3. The van der Waals surface area contributed by atoms with Crippen LogP contribution in [-0.2, 0) is 0 Å². The van der Waals surface area contributed by atoms with E-state index < -0.39 is 0 Å². The highest BCUT2D eigenvalue weighted by Crippen LogP contribution is 2.36. The van der Waals surface area contributed by atoms with E-state index in [9.17, 15) is 0 Å². The van der Waals surface area contributed by atoms with Crippen LogP contribution in [0.5, 0.6) is 0 Å². The minimum atomic E-state index is 0.825. The van der Waals surface area contributed by atoms with Crippen LogP contribution in [-0.4, -0.2) is 6.26 Å². The van der Waals surface area contributed by atoms with Crippen molar-refractivity contribution in [1.29, 1.82) is 0 Å². The molecule has 0 spiro atoms. The second-order valence-corrected chi connectivity index (χ2v) is 5.26. The summed E-state index contributed by atoms with van der Waals surface area (Å²) in [5.74, 6) is 0. The van der Waals surface area contributed by atoms with E-state index in [1.165, 1.54) is 9.60 Å². The Balaban J connectivity index is 2.80. The van der Waals surface area contributed by atoms with Crippen LogP contribution in [0.15, 0.2) is 27.3 Å². The summed E-state index contributed by atoms with van der Waals surface area (Å²) in [6, 6.07) is 4.18. The fourth-order valence-electron chi connectivity index (χ4n) is 1.18. The summed E-state index contributed by atoms with van der Waals surface area (Å²) < 4.78 is 1.17. The first-order chi connectivity index (χ1) is 6.22. The number of thiol groups is 1. The third kappa shape index (κ3) is 1.71. The largest absolute Gasteiger partial charge is 0.142 e. The molecule has 1 aromatic heterocycles. The number of halogens is 1. The van der Waals surface area contributed by atoms with Crippen LogP contribution in [0.3, 0.4) is 0 Å². The lowest BCUT2D eigenvalue weighted by Crippen LogP contribution is -1.72. The summed E-state index contributed by atoms with van der Waals surface area (Å²) in [4.78, 5) is 2.22. The lowest BCUT2D eigenvalue weighted by Gasteiger charge is -1.99. The highest BCUT2D eigenvalue weighted by molar-refractivity contribution is 7.98. The van der Waals surface area contributed by atoms with Gasteiger partial charge >= 0.3 is 0 Å². The van der Waals surface area contributed by atoms with Gasteiger partial charge in [0, 0.05) is 25.3 Å². The Kier molecular flexibility index (Phi) is 2.79. The van der Waals surface area contributed by atoms with Crippen molar-refractivity contribution in [3.05, 3.63) is 22.5 Å². The minimum absolute atomic E-state index is 0.825. The maximum absolute atomic E-state index is 6.04. The lowest BCUT2D eigenvalue weighted by atomic mass is 10.3. The van der Waals surface area contributed by atoms with Gasteiger partial charge in [0.05, 0.1) is 5.02 Å². The monoisotopic (exact) mass is 246 g/mol. The maximum Gasteiger partial charge on any atom is 0.0592 e. The van der Waals surface area contributed by atoms with Gasteiger partial charge in [-0.25, -0.2) is 0 Å². The van der Waals surface area contributed by atoms with Crippen molar-refractivity contribution in [2.75, 3.05) is 6.26 Å². The number of thiophene rings is 1. The first kappa shape index (κ1) is 9.71. The molecule has 0 aliphatic rings. The molecule has 1 aromatic carbocycles. The van der Waals surface area contributed by atoms with E-state index in [0.29, 0.717) is 0 Å². The van der Waals surface area contributed by atoms with Crippen LogP contribution in [0.4, 0.5) is 0 Å². The zero-order chi connectivity index (χ0) is 9.42. The van der Waals surface area contributed by atoms with Crippen LogP contribution >= 0.6 is 47.3 Å². The van der Waals surface area contributed by atoms with Gasteiger partial charge in [-0.2, -0.15) is 0 Å². The van der Waals surface area contributed by atoms with Gasteiger partial charge in [0.15, 0.2) is 0 Å². The second kappa shape index (κ2) is 3.73. The van der Waals surface area contributed by atoms with Gasteiger partial charge in [-0.1, -0.05) is 11.6 Å². The molecule has 13 heavy (non-hydrogen) atoms. The van der Waals surface area contributed by atoms with E-state index in [1.54, 1.807) is 23.1 Å². The van der Waals surface area contributed by atoms with E-state index >= 15 is 0 Å². The van der Waals surface area contributed by atoms with E-state index in [0.717, 1.165) is 15.3 Å². The number of thioether (sulfide) groups is 1. The Labute approximate surface area is 95.7 Å². The Bertz CT molecular complexity index is 447. The SMILES string of the molecule is CSc1cc(S)c2scc(Cl)c2c1. The Morgan fingerprint density at radius 3 is 2.92 bits per heavy atom. The molecule has 1 heterocycles. The zero-order valence-corrected chi connectivity index (χ0v) is 10.2. The molecule has 2 aromatic rings. The van der Waals surface area contributed by atoms with Crippen molar-refractivity contribution >= 4 is 57.4 Å². The first-order valence-corrected chi connectivity index (χ1v) is 6.59. The molecule has 0 unspecified atom stereocenters. The second-order valence-electron chi connectivity index (χ2n) is 2.61. The topological polar surface area (TPSA) is 0 Å². The molecule has 0 atom stereocenters. The predicted molar refractivity (Wildman–Crippen MR) is 65.9 cm³/mol. The predicted octanol–water partition coefficient (Wildman–Crippen LogP) is 4.57. The highest BCUT2D eigenvalue weighted by Gasteiger charge is 2.06. The van der Waals surface area contributed by atoms with Crippen LogP contribution in [0.1, 0.15) is 0 Å². The van der Waals surface area contributed by atoms with E-state index in [-0.39, 0.29) is 0 Å². The molecule has 0 nitrogen and oxygen atoms in total. The van der Waals surface area contributed by atoms with Crippen molar-refractivity contribution < 1.29 is 0 Å². The fraction of sp³-hybridized carbons (Fsp3) is 0.111. The molecule has 0 radical (unpaired) electrons. The first-order valence-electron chi connectivity index (χ1n) is 3.66. The van der Waals surface area contributed by atoms with E-state index in [4.69, 9.17) is 11.6 Å². The molecule has 2 rings (SSSR count). The molecule has 0 saturated heterocycles. The van der Waals surface area contributed by atoms with E-state index in [1.807, 2.05) is 5.38 Å². The molecule has 0 amide bonds. The summed E-state index contributed by atoms with van der Waals surface area (Å²) >= 11 is 13.8. The Hall–Kier alpha value is 0.170. The van der Waals surface area contributed by atoms with E-state index in [2.05, 4.69) is 31.0 Å². The summed E-state index contributed by atoms with van der Waals surface area (Å²) in [7, 11) is 0. The molecule has 0 fully saturated rings. The van der Waals surface area contributed by atoms with Crippen molar-refractivity contribution in [3.8, 4) is 0 Å². The summed E-state index contributed by atoms with van der Waals surface area (Å²) in [6.45, 7) is 0. The fourth-order valence-corrected chi connectivity index (χ4v) is 3.32. The smallest absolute Gasteiger partial charge is 0.0592 e. The standard InChI is InChI=1S/C9H7ClS3/c1-12-5-2-6-7(10)4-13-9(6)8(11)3-5/h2-4,11H,1H3. The number of fused-ring (bicyclic) bond motifs is 1. The minimum Gasteiger partial charge on any atom is -0.142 e. The number of hydrogen-bond donors (Lipinski definition) is 1. The van der Waals surface area contributed by atoms with Crippen molar-refractivity contribution in [3.63, 3.8) is 0 Å². The summed E-state index contributed by atoms with van der Waals surface area (Å²) in [6.07, 6.45) is 2.05. The summed E-state index contributed by atoms with van der Waals surface area (Å²) in [5, 5.41) is 3.89. The molecule has 0 saturated carbocycles. The average molecular weight is 247 g/mol. The van der Waals surface area contributed by atoms with Crippen LogP contribution in [0.25, 0.3) is 10.1 Å². The Morgan fingerprint density at radius 1 is 1.46 bits per heavy atom. The van der Waals surface area contributed by atoms with Gasteiger partial charge in [0.2, 0.25) is 0 Å². The van der Waals surface area contributed by atoms with Gasteiger partial charge in [-0.3, -0.25) is 0 Å².